The highest BCUT2D eigenvalue weighted by atomic mass is 32.2. The Hall–Kier alpha value is -2.14. The van der Waals surface area contributed by atoms with Crippen molar-refractivity contribution in [3.8, 4) is 11.5 Å². The molecule has 1 amide bonds. The molecule has 0 fully saturated rings. The zero-order chi connectivity index (χ0) is 17.4. The van der Waals surface area contributed by atoms with Crippen LogP contribution in [0.25, 0.3) is 0 Å². The minimum atomic E-state index is -0.0281. The van der Waals surface area contributed by atoms with Crippen molar-refractivity contribution in [2.24, 2.45) is 0 Å². The standard InChI is InChI=1S/C19H23NO3S/c1-14-9-15(2)11-18(10-14)23-7-8-24-13-19(21)20-16-5-4-6-17(12-16)22-3/h4-6,9-12H,7-8,13H2,1-3H3,(H,20,21). The van der Waals surface area contributed by atoms with Crippen molar-refractivity contribution in [1.29, 1.82) is 0 Å². The Balaban J connectivity index is 1.67. The summed E-state index contributed by atoms with van der Waals surface area (Å²) in [6.07, 6.45) is 0. The van der Waals surface area contributed by atoms with Crippen LogP contribution in [0.3, 0.4) is 0 Å². The fraction of sp³-hybridized carbons (Fsp3) is 0.316. The minimum Gasteiger partial charge on any atom is -0.497 e. The van der Waals surface area contributed by atoms with Gasteiger partial charge >= 0.3 is 0 Å². The lowest BCUT2D eigenvalue weighted by Gasteiger charge is -2.09. The van der Waals surface area contributed by atoms with Crippen LogP contribution in [0.2, 0.25) is 0 Å². The normalized spacial score (nSPS) is 10.3. The number of rotatable bonds is 8. The second-order valence-electron chi connectivity index (χ2n) is 5.50. The molecule has 4 nitrogen and oxygen atoms in total. The number of aryl methyl sites for hydroxylation is 2. The van der Waals surface area contributed by atoms with Crippen LogP contribution < -0.4 is 14.8 Å². The Morgan fingerprint density at radius 1 is 1.08 bits per heavy atom. The second kappa shape index (κ2) is 9.23. The van der Waals surface area contributed by atoms with Crippen molar-refractivity contribution in [2.75, 3.05) is 30.5 Å². The summed E-state index contributed by atoms with van der Waals surface area (Å²) in [6, 6.07) is 13.5. The summed E-state index contributed by atoms with van der Waals surface area (Å²) >= 11 is 1.55. The average molecular weight is 345 g/mol. The highest BCUT2D eigenvalue weighted by molar-refractivity contribution is 7.99. The zero-order valence-corrected chi connectivity index (χ0v) is 15.1. The van der Waals surface area contributed by atoms with Gasteiger partial charge in [0.1, 0.15) is 11.5 Å². The molecule has 0 aliphatic rings. The number of carbonyl (C=O) groups excluding carboxylic acids is 1. The molecule has 0 aliphatic heterocycles. The van der Waals surface area contributed by atoms with E-state index in [1.807, 2.05) is 30.3 Å². The largest absolute Gasteiger partial charge is 0.497 e. The number of hydrogen-bond acceptors (Lipinski definition) is 4. The number of nitrogens with one attached hydrogen (secondary N) is 1. The highest BCUT2D eigenvalue weighted by Gasteiger charge is 2.04. The quantitative estimate of drug-likeness (QED) is 0.733. The number of amides is 1. The van der Waals surface area contributed by atoms with Crippen molar-refractivity contribution < 1.29 is 14.3 Å². The predicted molar refractivity (Wildman–Crippen MR) is 100 cm³/mol. The average Bonchev–Trinajstić information content (AvgIpc) is 2.54. The molecule has 0 bridgehead atoms. The molecule has 5 heteroatoms. The fourth-order valence-electron chi connectivity index (χ4n) is 2.30. The van der Waals surface area contributed by atoms with Gasteiger partial charge in [-0.2, -0.15) is 0 Å². The molecule has 0 aliphatic carbocycles. The van der Waals surface area contributed by atoms with Crippen molar-refractivity contribution in [3.05, 3.63) is 53.6 Å². The maximum Gasteiger partial charge on any atom is 0.234 e. The fourth-order valence-corrected chi connectivity index (χ4v) is 2.90. The number of thioether (sulfide) groups is 1. The topological polar surface area (TPSA) is 47.6 Å². The first kappa shape index (κ1) is 18.2. The lowest BCUT2D eigenvalue weighted by atomic mass is 10.1. The number of ether oxygens (including phenoxy) is 2. The van der Waals surface area contributed by atoms with Crippen LogP contribution in [0.5, 0.6) is 11.5 Å². The highest BCUT2D eigenvalue weighted by Crippen LogP contribution is 2.18. The van der Waals surface area contributed by atoms with Gasteiger partial charge in [0, 0.05) is 17.5 Å². The number of methoxy groups -OCH3 is 1. The maximum atomic E-state index is 11.9. The molecule has 0 radical (unpaired) electrons. The van der Waals surface area contributed by atoms with Gasteiger partial charge in [-0.25, -0.2) is 0 Å². The molecule has 2 aromatic rings. The van der Waals surface area contributed by atoms with Gasteiger partial charge in [-0.05, 0) is 49.2 Å². The lowest BCUT2D eigenvalue weighted by molar-refractivity contribution is -0.113. The van der Waals surface area contributed by atoms with Crippen molar-refractivity contribution in [1.82, 2.24) is 0 Å². The second-order valence-corrected chi connectivity index (χ2v) is 6.61. The molecule has 0 aromatic heterocycles. The number of carbonyl (C=O) groups is 1. The number of hydrogen-bond donors (Lipinski definition) is 1. The lowest BCUT2D eigenvalue weighted by Crippen LogP contribution is -2.15. The van der Waals surface area contributed by atoms with E-state index in [0.29, 0.717) is 12.4 Å². The van der Waals surface area contributed by atoms with E-state index < -0.39 is 0 Å². The van der Waals surface area contributed by atoms with E-state index >= 15 is 0 Å². The first-order valence-corrected chi connectivity index (χ1v) is 8.95. The van der Waals surface area contributed by atoms with E-state index in [1.54, 1.807) is 24.9 Å². The first-order valence-electron chi connectivity index (χ1n) is 7.79. The maximum absolute atomic E-state index is 11.9. The summed E-state index contributed by atoms with van der Waals surface area (Å²) < 4.78 is 10.9. The molecule has 0 saturated carbocycles. The monoisotopic (exact) mass is 345 g/mol. The molecule has 0 unspecified atom stereocenters. The smallest absolute Gasteiger partial charge is 0.234 e. The van der Waals surface area contributed by atoms with Crippen molar-refractivity contribution >= 4 is 23.4 Å². The van der Waals surface area contributed by atoms with E-state index in [9.17, 15) is 4.79 Å². The van der Waals surface area contributed by atoms with E-state index in [1.165, 1.54) is 11.1 Å². The van der Waals surface area contributed by atoms with Gasteiger partial charge in [-0.15, -0.1) is 11.8 Å². The van der Waals surface area contributed by atoms with Crippen molar-refractivity contribution in [2.45, 2.75) is 13.8 Å². The van der Waals surface area contributed by atoms with Crippen LogP contribution >= 0.6 is 11.8 Å². The van der Waals surface area contributed by atoms with Gasteiger partial charge in [-0.1, -0.05) is 12.1 Å². The zero-order valence-electron chi connectivity index (χ0n) is 14.3. The van der Waals surface area contributed by atoms with Gasteiger partial charge in [0.15, 0.2) is 0 Å². The third-order valence-corrected chi connectivity index (χ3v) is 4.20. The van der Waals surface area contributed by atoms with E-state index in [2.05, 4.69) is 25.2 Å². The molecule has 0 heterocycles. The van der Waals surface area contributed by atoms with Crippen LogP contribution in [0, 0.1) is 13.8 Å². The van der Waals surface area contributed by atoms with Crippen LogP contribution in [0.1, 0.15) is 11.1 Å². The molecule has 1 N–H and O–H groups in total. The number of anilines is 1. The van der Waals surface area contributed by atoms with Crippen LogP contribution in [0.4, 0.5) is 5.69 Å². The summed E-state index contributed by atoms with van der Waals surface area (Å²) in [5, 5.41) is 2.86. The Morgan fingerprint density at radius 2 is 1.83 bits per heavy atom. The molecule has 0 saturated heterocycles. The third-order valence-electron chi connectivity index (χ3n) is 3.28. The predicted octanol–water partition coefficient (Wildman–Crippen LogP) is 4.06. The first-order chi connectivity index (χ1) is 11.6. The molecule has 128 valence electrons. The minimum absolute atomic E-state index is 0.0281. The summed E-state index contributed by atoms with van der Waals surface area (Å²) in [6.45, 7) is 4.69. The molecule has 0 atom stereocenters. The Bertz CT molecular complexity index is 668. The summed E-state index contributed by atoms with van der Waals surface area (Å²) in [5.74, 6) is 2.74. The molecular weight excluding hydrogens is 322 g/mol. The van der Waals surface area contributed by atoms with Gasteiger partial charge in [0.25, 0.3) is 0 Å². The van der Waals surface area contributed by atoms with Crippen LogP contribution in [-0.4, -0.2) is 31.1 Å². The Labute approximate surface area is 147 Å². The molecule has 2 rings (SSSR count). The van der Waals surface area contributed by atoms with Gasteiger partial charge in [-0.3, -0.25) is 4.79 Å². The molecule has 24 heavy (non-hydrogen) atoms. The van der Waals surface area contributed by atoms with E-state index in [4.69, 9.17) is 9.47 Å². The summed E-state index contributed by atoms with van der Waals surface area (Å²) in [7, 11) is 1.60. The Kier molecular flexibility index (Phi) is 7.00. The van der Waals surface area contributed by atoms with Crippen LogP contribution in [-0.2, 0) is 4.79 Å². The van der Waals surface area contributed by atoms with Gasteiger partial charge < -0.3 is 14.8 Å². The Morgan fingerprint density at radius 3 is 2.54 bits per heavy atom. The van der Waals surface area contributed by atoms with Crippen molar-refractivity contribution in [3.63, 3.8) is 0 Å². The summed E-state index contributed by atoms with van der Waals surface area (Å²) in [4.78, 5) is 11.9. The van der Waals surface area contributed by atoms with Gasteiger partial charge in [0.2, 0.25) is 5.91 Å². The molecule has 0 spiro atoms. The summed E-state index contributed by atoms with van der Waals surface area (Å²) in [5.41, 5.74) is 3.12. The van der Waals surface area contributed by atoms with Gasteiger partial charge in [0.05, 0.1) is 19.5 Å². The van der Waals surface area contributed by atoms with Crippen LogP contribution in [0.15, 0.2) is 42.5 Å². The number of benzene rings is 2. The third kappa shape index (κ3) is 6.16. The molecular formula is C19H23NO3S. The van der Waals surface area contributed by atoms with E-state index in [0.717, 1.165) is 22.9 Å². The molecule has 2 aromatic carbocycles. The SMILES string of the molecule is COc1cccc(NC(=O)CSCCOc2cc(C)cc(C)c2)c1. The van der Waals surface area contributed by atoms with E-state index in [-0.39, 0.29) is 5.91 Å².